The van der Waals surface area contributed by atoms with Crippen LogP contribution in [-0.2, 0) is 10.0 Å². The first-order valence-corrected chi connectivity index (χ1v) is 10.9. The molecule has 9 heteroatoms. The van der Waals surface area contributed by atoms with Gasteiger partial charge in [0.1, 0.15) is 11.6 Å². The molecule has 0 amide bonds. The van der Waals surface area contributed by atoms with E-state index < -0.39 is 21.7 Å². The summed E-state index contributed by atoms with van der Waals surface area (Å²) in [6, 6.07) is 3.51. The number of benzene rings is 1. The van der Waals surface area contributed by atoms with E-state index in [0.29, 0.717) is 24.3 Å². The third-order valence-electron chi connectivity index (χ3n) is 4.38. The Hall–Kier alpha value is -1.45. The zero-order valence-electron chi connectivity index (χ0n) is 14.6. The zero-order chi connectivity index (χ0) is 18.9. The van der Waals surface area contributed by atoms with Gasteiger partial charge in [-0.25, -0.2) is 22.2 Å². The SMILES string of the molecule is CC(C)n1cnc(S(=O)(=O)N2CCSC(c3cc(F)ccc3F)CC2)c1. The van der Waals surface area contributed by atoms with E-state index in [0.717, 1.165) is 12.1 Å². The molecule has 0 aliphatic carbocycles. The van der Waals surface area contributed by atoms with E-state index in [4.69, 9.17) is 0 Å². The lowest BCUT2D eigenvalue weighted by Crippen LogP contribution is -2.33. The van der Waals surface area contributed by atoms with Crippen LogP contribution in [0.2, 0.25) is 0 Å². The molecule has 1 atom stereocenters. The van der Waals surface area contributed by atoms with Gasteiger partial charge in [-0.15, -0.1) is 0 Å². The lowest BCUT2D eigenvalue weighted by atomic mass is 10.1. The average Bonchev–Trinajstić information content (AvgIpc) is 2.97. The van der Waals surface area contributed by atoms with Crippen LogP contribution in [0.15, 0.2) is 35.7 Å². The standard InChI is InChI=1S/C17H21F2N3O2S2/c1-12(2)21-10-17(20-11-21)26(23,24)22-6-5-16(25-8-7-22)14-9-13(18)3-4-15(14)19/h3-4,9-12,16H,5-8H2,1-2H3. The van der Waals surface area contributed by atoms with Gasteiger partial charge in [0.2, 0.25) is 0 Å². The summed E-state index contributed by atoms with van der Waals surface area (Å²) >= 11 is 1.45. The summed E-state index contributed by atoms with van der Waals surface area (Å²) < 4.78 is 56.3. The van der Waals surface area contributed by atoms with Crippen LogP contribution in [0.5, 0.6) is 0 Å². The Morgan fingerprint density at radius 3 is 2.73 bits per heavy atom. The fourth-order valence-electron chi connectivity index (χ4n) is 2.87. The molecular weight excluding hydrogens is 380 g/mol. The molecule has 2 heterocycles. The van der Waals surface area contributed by atoms with E-state index >= 15 is 0 Å². The molecule has 0 bridgehead atoms. The number of hydrogen-bond donors (Lipinski definition) is 0. The maximum atomic E-state index is 14.0. The number of thioether (sulfide) groups is 1. The minimum absolute atomic E-state index is 0.0200. The highest BCUT2D eigenvalue weighted by Gasteiger charge is 2.31. The normalized spacial score (nSPS) is 19.7. The van der Waals surface area contributed by atoms with Gasteiger partial charge in [0.15, 0.2) is 5.03 Å². The van der Waals surface area contributed by atoms with E-state index in [1.807, 2.05) is 13.8 Å². The average molecular weight is 402 g/mol. The lowest BCUT2D eigenvalue weighted by molar-refractivity contribution is 0.424. The number of imidazole rings is 1. The molecule has 26 heavy (non-hydrogen) atoms. The highest BCUT2D eigenvalue weighted by Crippen LogP contribution is 2.37. The first-order valence-electron chi connectivity index (χ1n) is 8.39. The Morgan fingerprint density at radius 1 is 1.27 bits per heavy atom. The predicted octanol–water partition coefficient (Wildman–Crippen LogP) is 3.61. The maximum absolute atomic E-state index is 14.0. The molecule has 0 spiro atoms. The molecule has 5 nitrogen and oxygen atoms in total. The van der Waals surface area contributed by atoms with Crippen LogP contribution in [0.3, 0.4) is 0 Å². The van der Waals surface area contributed by atoms with Crippen molar-refractivity contribution in [1.29, 1.82) is 0 Å². The molecule has 0 N–H and O–H groups in total. The van der Waals surface area contributed by atoms with Crippen LogP contribution in [0.4, 0.5) is 8.78 Å². The van der Waals surface area contributed by atoms with Crippen LogP contribution in [0.25, 0.3) is 0 Å². The second kappa shape index (κ2) is 7.66. The first-order chi connectivity index (χ1) is 12.3. The van der Waals surface area contributed by atoms with Crippen molar-refractivity contribution in [2.75, 3.05) is 18.8 Å². The van der Waals surface area contributed by atoms with Crippen LogP contribution < -0.4 is 0 Å². The zero-order valence-corrected chi connectivity index (χ0v) is 16.2. The minimum atomic E-state index is -3.70. The molecule has 1 aliphatic rings. The predicted molar refractivity (Wildman–Crippen MR) is 97.5 cm³/mol. The molecule has 0 radical (unpaired) electrons. The number of rotatable bonds is 4. The van der Waals surface area contributed by atoms with Gasteiger partial charge in [-0.2, -0.15) is 16.1 Å². The van der Waals surface area contributed by atoms with Crippen molar-refractivity contribution < 1.29 is 17.2 Å². The number of nitrogens with zero attached hydrogens (tertiary/aromatic N) is 3. The van der Waals surface area contributed by atoms with Crippen LogP contribution in [0, 0.1) is 11.6 Å². The van der Waals surface area contributed by atoms with E-state index in [1.165, 1.54) is 34.7 Å². The summed E-state index contributed by atoms with van der Waals surface area (Å²) in [5.74, 6) is -0.448. The van der Waals surface area contributed by atoms with Crippen LogP contribution in [-0.4, -0.2) is 41.1 Å². The van der Waals surface area contributed by atoms with Crippen molar-refractivity contribution >= 4 is 21.8 Å². The number of hydrogen-bond acceptors (Lipinski definition) is 4. The smallest absolute Gasteiger partial charge is 0.262 e. The van der Waals surface area contributed by atoms with E-state index in [9.17, 15) is 17.2 Å². The van der Waals surface area contributed by atoms with Gasteiger partial charge >= 0.3 is 0 Å². The number of sulfonamides is 1. The summed E-state index contributed by atoms with van der Waals surface area (Å²) in [5.41, 5.74) is 0.290. The highest BCUT2D eigenvalue weighted by atomic mass is 32.2. The Balaban J connectivity index is 1.78. The quantitative estimate of drug-likeness (QED) is 0.785. The monoisotopic (exact) mass is 401 g/mol. The molecule has 3 rings (SSSR count). The van der Waals surface area contributed by atoms with Gasteiger partial charge in [-0.1, -0.05) is 0 Å². The molecule has 1 saturated heterocycles. The Bertz CT molecular complexity index is 884. The largest absolute Gasteiger partial charge is 0.334 e. The van der Waals surface area contributed by atoms with Crippen molar-refractivity contribution in [2.24, 2.45) is 0 Å². The van der Waals surface area contributed by atoms with Gasteiger partial charge in [-0.3, -0.25) is 0 Å². The van der Waals surface area contributed by atoms with Crippen LogP contribution >= 0.6 is 11.8 Å². The summed E-state index contributed by atoms with van der Waals surface area (Å²) in [5, 5.41) is -0.259. The van der Waals surface area contributed by atoms with Gasteiger partial charge in [0, 0.05) is 41.9 Å². The molecule has 2 aromatic rings. The van der Waals surface area contributed by atoms with Crippen molar-refractivity contribution in [3.63, 3.8) is 0 Å². The topological polar surface area (TPSA) is 55.2 Å². The van der Waals surface area contributed by atoms with E-state index in [-0.39, 0.29) is 22.9 Å². The molecule has 142 valence electrons. The van der Waals surface area contributed by atoms with Gasteiger partial charge < -0.3 is 4.57 Å². The summed E-state index contributed by atoms with van der Waals surface area (Å²) in [4.78, 5) is 4.03. The molecule has 1 unspecified atom stereocenters. The molecule has 0 saturated carbocycles. The van der Waals surface area contributed by atoms with E-state index in [2.05, 4.69) is 4.98 Å². The first kappa shape index (κ1) is 19.3. The molecule has 1 aliphatic heterocycles. The fraction of sp³-hybridized carbons (Fsp3) is 0.471. The minimum Gasteiger partial charge on any atom is -0.334 e. The third-order valence-corrected chi connectivity index (χ3v) is 7.48. The fourth-order valence-corrected chi connectivity index (χ4v) is 5.60. The summed E-state index contributed by atoms with van der Waals surface area (Å²) in [6.45, 7) is 4.44. The lowest BCUT2D eigenvalue weighted by Gasteiger charge is -2.18. The number of halogens is 2. The van der Waals surface area contributed by atoms with Crippen molar-refractivity contribution in [3.8, 4) is 0 Å². The highest BCUT2D eigenvalue weighted by molar-refractivity contribution is 7.99. The summed E-state index contributed by atoms with van der Waals surface area (Å²) in [6.07, 6.45) is 3.45. The second-order valence-electron chi connectivity index (χ2n) is 6.47. The van der Waals surface area contributed by atoms with Gasteiger partial charge in [0.05, 0.1) is 6.33 Å². The molecule has 1 aromatic carbocycles. The van der Waals surface area contributed by atoms with Crippen molar-refractivity contribution in [1.82, 2.24) is 13.9 Å². The van der Waals surface area contributed by atoms with Crippen molar-refractivity contribution in [2.45, 2.75) is 36.6 Å². The summed E-state index contributed by atoms with van der Waals surface area (Å²) in [7, 11) is -3.70. The number of aromatic nitrogens is 2. The van der Waals surface area contributed by atoms with Gasteiger partial charge in [0.25, 0.3) is 10.0 Å². The molecular formula is C17H21F2N3O2S2. The molecule has 1 aromatic heterocycles. The third kappa shape index (κ3) is 3.94. The Labute approximate surface area is 156 Å². The molecule has 1 fully saturated rings. The Morgan fingerprint density at radius 2 is 2.04 bits per heavy atom. The van der Waals surface area contributed by atoms with E-state index in [1.54, 1.807) is 4.57 Å². The van der Waals surface area contributed by atoms with Crippen LogP contribution in [0.1, 0.15) is 37.1 Å². The van der Waals surface area contributed by atoms with Crippen molar-refractivity contribution in [3.05, 3.63) is 47.9 Å². The van der Waals surface area contributed by atoms with Gasteiger partial charge in [-0.05, 0) is 38.5 Å². The Kier molecular flexibility index (Phi) is 5.69. The second-order valence-corrected chi connectivity index (χ2v) is 9.67. The maximum Gasteiger partial charge on any atom is 0.262 e.